The minimum absolute atomic E-state index is 0.0848. The Balaban J connectivity index is 2.59. The zero-order chi connectivity index (χ0) is 21.0. The fourth-order valence-corrected chi connectivity index (χ4v) is 3.12. The molecule has 1 aromatic carbocycles. The Hall–Kier alpha value is -2.94. The Morgan fingerprint density at radius 1 is 1.21 bits per heavy atom. The highest BCUT2D eigenvalue weighted by Crippen LogP contribution is 2.34. The number of hydrogen-bond donors (Lipinski definition) is 1. The molecule has 9 heteroatoms. The minimum atomic E-state index is -1.16. The third kappa shape index (κ3) is 3.99. The molecule has 0 aliphatic carbocycles. The summed E-state index contributed by atoms with van der Waals surface area (Å²) >= 11 is 5.24. The van der Waals surface area contributed by atoms with Crippen molar-refractivity contribution in [2.24, 2.45) is 0 Å². The highest BCUT2D eigenvalue weighted by molar-refractivity contribution is 7.80. The number of carbonyl (C=O) groups excluding carboxylic acids is 2. The Morgan fingerprint density at radius 3 is 2.25 bits per heavy atom. The third-order valence-corrected chi connectivity index (χ3v) is 4.66. The number of benzene rings is 1. The summed E-state index contributed by atoms with van der Waals surface area (Å²) in [6.45, 7) is 5.53. The fraction of sp³-hybridized carbons (Fsp3) is 0.368. The molecule has 0 aromatic heterocycles. The SMILES string of the molecule is CCN1C(=O)C(=Cc2cccc(OC)c2O[C@H](C)C(=O)O)C(=O)N(CC)C1=S. The van der Waals surface area contributed by atoms with Crippen molar-refractivity contribution in [2.75, 3.05) is 20.2 Å². The minimum Gasteiger partial charge on any atom is -0.493 e. The van der Waals surface area contributed by atoms with Crippen molar-refractivity contribution in [3.63, 3.8) is 0 Å². The van der Waals surface area contributed by atoms with Gasteiger partial charge in [-0.25, -0.2) is 4.79 Å². The number of amides is 2. The van der Waals surface area contributed by atoms with Crippen molar-refractivity contribution >= 4 is 41.2 Å². The molecule has 0 unspecified atom stereocenters. The summed E-state index contributed by atoms with van der Waals surface area (Å²) in [6.07, 6.45) is 0.225. The van der Waals surface area contributed by atoms with E-state index in [0.717, 1.165) is 0 Å². The number of rotatable bonds is 7. The largest absolute Gasteiger partial charge is 0.493 e. The van der Waals surface area contributed by atoms with Crippen LogP contribution in [0.1, 0.15) is 26.3 Å². The first-order chi connectivity index (χ1) is 13.3. The first-order valence-electron chi connectivity index (χ1n) is 8.72. The Kier molecular flexibility index (Phi) is 6.74. The first-order valence-corrected chi connectivity index (χ1v) is 9.13. The van der Waals surface area contributed by atoms with Gasteiger partial charge in [0.2, 0.25) is 0 Å². The zero-order valence-corrected chi connectivity index (χ0v) is 16.9. The van der Waals surface area contributed by atoms with Crippen LogP contribution in [0.2, 0.25) is 0 Å². The van der Waals surface area contributed by atoms with Crippen molar-refractivity contribution in [3.05, 3.63) is 29.3 Å². The predicted molar refractivity (Wildman–Crippen MR) is 106 cm³/mol. The molecule has 1 N–H and O–H groups in total. The van der Waals surface area contributed by atoms with Gasteiger partial charge in [-0.3, -0.25) is 19.4 Å². The molecule has 1 aromatic rings. The molecule has 0 bridgehead atoms. The molecule has 1 saturated heterocycles. The molecule has 2 amide bonds. The van der Waals surface area contributed by atoms with Gasteiger partial charge in [0, 0.05) is 18.7 Å². The number of ether oxygens (including phenoxy) is 2. The number of carboxylic acid groups (broad SMARTS) is 1. The topological polar surface area (TPSA) is 96.4 Å². The number of aliphatic carboxylic acids is 1. The number of likely N-dealkylation sites (N-methyl/N-ethyl adjacent to an activating group) is 2. The average molecular weight is 406 g/mol. The second-order valence-electron chi connectivity index (χ2n) is 5.92. The Labute approximate surface area is 168 Å². The van der Waals surface area contributed by atoms with Gasteiger partial charge in [0.05, 0.1) is 7.11 Å². The second kappa shape index (κ2) is 8.83. The molecule has 0 saturated carbocycles. The standard InChI is InChI=1S/C19H22N2O6S/c1-5-20-16(22)13(17(23)21(6-2)19(20)28)10-12-8-7-9-14(26-4)15(12)27-11(3)18(24)25/h7-11H,5-6H2,1-4H3,(H,24,25)/t11-/m1/s1. The summed E-state index contributed by atoms with van der Waals surface area (Å²) in [5, 5.41) is 9.31. The van der Waals surface area contributed by atoms with E-state index in [1.54, 1.807) is 32.0 Å². The van der Waals surface area contributed by atoms with Gasteiger partial charge in [0.1, 0.15) is 5.57 Å². The van der Waals surface area contributed by atoms with Crippen molar-refractivity contribution in [1.29, 1.82) is 0 Å². The van der Waals surface area contributed by atoms with E-state index < -0.39 is 23.9 Å². The van der Waals surface area contributed by atoms with Crippen LogP contribution in [0.25, 0.3) is 6.08 Å². The fourth-order valence-electron chi connectivity index (χ4n) is 2.70. The quantitative estimate of drug-likeness (QED) is 0.420. The predicted octanol–water partition coefficient (Wildman–Crippen LogP) is 1.93. The van der Waals surface area contributed by atoms with E-state index >= 15 is 0 Å². The molecule has 28 heavy (non-hydrogen) atoms. The lowest BCUT2D eigenvalue weighted by atomic mass is 10.0. The number of carbonyl (C=O) groups is 3. The number of methoxy groups -OCH3 is 1. The van der Waals surface area contributed by atoms with Crippen molar-refractivity contribution in [2.45, 2.75) is 26.9 Å². The van der Waals surface area contributed by atoms with Gasteiger partial charge in [0.15, 0.2) is 22.7 Å². The van der Waals surface area contributed by atoms with E-state index in [2.05, 4.69) is 0 Å². The van der Waals surface area contributed by atoms with Gasteiger partial charge in [-0.1, -0.05) is 12.1 Å². The van der Waals surface area contributed by atoms with Gasteiger partial charge >= 0.3 is 5.97 Å². The molecule has 0 radical (unpaired) electrons. The van der Waals surface area contributed by atoms with Gasteiger partial charge in [-0.05, 0) is 45.1 Å². The van der Waals surface area contributed by atoms with E-state index in [1.807, 2.05) is 0 Å². The van der Waals surface area contributed by atoms with Crippen LogP contribution in [0.3, 0.4) is 0 Å². The number of thiocarbonyl (C=S) groups is 1. The van der Waals surface area contributed by atoms with Crippen molar-refractivity contribution in [1.82, 2.24) is 9.80 Å². The molecule has 2 rings (SSSR count). The number of para-hydroxylation sites is 1. The van der Waals surface area contributed by atoms with Crippen LogP contribution in [0.5, 0.6) is 11.5 Å². The Bertz CT molecular complexity index is 823. The summed E-state index contributed by atoms with van der Waals surface area (Å²) in [4.78, 5) is 39.5. The van der Waals surface area contributed by atoms with Crippen LogP contribution in [0, 0.1) is 0 Å². The van der Waals surface area contributed by atoms with Crippen molar-refractivity contribution < 1.29 is 29.0 Å². The normalized spacial score (nSPS) is 15.6. The Morgan fingerprint density at radius 2 is 1.79 bits per heavy atom. The van der Waals surface area contributed by atoms with E-state index in [0.29, 0.717) is 18.7 Å². The summed E-state index contributed by atoms with van der Waals surface area (Å²) in [7, 11) is 1.41. The molecule has 150 valence electrons. The van der Waals surface area contributed by atoms with Gasteiger partial charge < -0.3 is 14.6 Å². The number of carboxylic acids is 1. The summed E-state index contributed by atoms with van der Waals surface area (Å²) in [5.41, 5.74) is 0.266. The van der Waals surface area contributed by atoms with E-state index in [1.165, 1.54) is 29.9 Å². The molecular weight excluding hydrogens is 384 g/mol. The molecule has 0 spiro atoms. The van der Waals surface area contributed by atoms with Crippen LogP contribution < -0.4 is 9.47 Å². The molecule has 1 aliphatic heterocycles. The van der Waals surface area contributed by atoms with Gasteiger partial charge in [-0.15, -0.1) is 0 Å². The lowest BCUT2D eigenvalue weighted by Crippen LogP contribution is -2.55. The van der Waals surface area contributed by atoms with Gasteiger partial charge in [0.25, 0.3) is 11.8 Å². The molecule has 8 nitrogen and oxygen atoms in total. The molecule has 1 aliphatic rings. The van der Waals surface area contributed by atoms with Crippen LogP contribution >= 0.6 is 12.2 Å². The maximum absolute atomic E-state index is 12.8. The van der Waals surface area contributed by atoms with E-state index in [4.69, 9.17) is 26.8 Å². The smallest absolute Gasteiger partial charge is 0.344 e. The van der Waals surface area contributed by atoms with Crippen molar-refractivity contribution in [3.8, 4) is 11.5 Å². The van der Waals surface area contributed by atoms with Crippen LogP contribution in [-0.2, 0) is 14.4 Å². The molecule has 1 atom stereocenters. The molecule has 1 heterocycles. The lowest BCUT2D eigenvalue weighted by molar-refractivity contribution is -0.144. The van der Waals surface area contributed by atoms with E-state index in [-0.39, 0.29) is 22.2 Å². The molecule has 1 fully saturated rings. The highest BCUT2D eigenvalue weighted by atomic mass is 32.1. The van der Waals surface area contributed by atoms with Gasteiger partial charge in [-0.2, -0.15) is 0 Å². The van der Waals surface area contributed by atoms with Crippen LogP contribution in [0.4, 0.5) is 0 Å². The lowest BCUT2D eigenvalue weighted by Gasteiger charge is -2.35. The summed E-state index contributed by atoms with van der Waals surface area (Å²) in [6, 6.07) is 4.86. The zero-order valence-electron chi connectivity index (χ0n) is 16.1. The van der Waals surface area contributed by atoms with E-state index in [9.17, 15) is 14.4 Å². The highest BCUT2D eigenvalue weighted by Gasteiger charge is 2.38. The monoisotopic (exact) mass is 406 g/mol. The maximum Gasteiger partial charge on any atom is 0.344 e. The second-order valence-corrected chi connectivity index (χ2v) is 6.28. The number of hydrogen-bond acceptors (Lipinski definition) is 6. The first kappa shape index (κ1) is 21.4. The summed E-state index contributed by atoms with van der Waals surface area (Å²) < 4.78 is 10.8. The molecular formula is C19H22N2O6S. The average Bonchev–Trinajstić information content (AvgIpc) is 2.66. The van der Waals surface area contributed by atoms with Crippen LogP contribution in [-0.4, -0.2) is 64.1 Å². The maximum atomic E-state index is 12.8. The third-order valence-electron chi connectivity index (χ3n) is 4.22. The van der Waals surface area contributed by atoms with Crippen LogP contribution in [0.15, 0.2) is 23.8 Å². The summed E-state index contributed by atoms with van der Waals surface area (Å²) in [5.74, 6) is -1.76. The number of nitrogens with zero attached hydrogens (tertiary/aromatic N) is 2.